The third-order valence-corrected chi connectivity index (χ3v) is 7.86. The summed E-state index contributed by atoms with van der Waals surface area (Å²) >= 11 is 7.97. The van der Waals surface area contributed by atoms with Crippen molar-refractivity contribution < 1.29 is 14.3 Å². The number of ether oxygens (including phenoxy) is 2. The van der Waals surface area contributed by atoms with Crippen LogP contribution in [0.4, 0.5) is 0 Å². The van der Waals surface area contributed by atoms with Crippen LogP contribution in [0.1, 0.15) is 23.1 Å². The van der Waals surface area contributed by atoms with Gasteiger partial charge in [0, 0.05) is 42.1 Å². The molecule has 6 nitrogen and oxygen atoms in total. The normalized spacial score (nSPS) is 18.8. The summed E-state index contributed by atoms with van der Waals surface area (Å²) in [6.07, 6.45) is 3.58. The van der Waals surface area contributed by atoms with Gasteiger partial charge in [0.2, 0.25) is 12.7 Å². The van der Waals surface area contributed by atoms with Gasteiger partial charge in [-0.25, -0.2) is 0 Å². The van der Waals surface area contributed by atoms with Gasteiger partial charge in [-0.2, -0.15) is 0 Å². The first-order chi connectivity index (χ1) is 18.1. The highest BCUT2D eigenvalue weighted by Crippen LogP contribution is 2.32. The predicted octanol–water partition coefficient (Wildman–Crippen LogP) is 4.88. The van der Waals surface area contributed by atoms with E-state index in [9.17, 15) is 4.79 Å². The molecular weight excluding hydrogens is 506 g/mol. The lowest BCUT2D eigenvalue weighted by molar-refractivity contribution is -0.125. The van der Waals surface area contributed by atoms with Crippen molar-refractivity contribution in [3.8, 4) is 11.5 Å². The zero-order valence-electron chi connectivity index (χ0n) is 20.9. The Morgan fingerprint density at radius 3 is 2.65 bits per heavy atom. The molecule has 0 bridgehead atoms. The maximum absolute atomic E-state index is 13.3. The second-order valence-electron chi connectivity index (χ2n) is 9.47. The minimum Gasteiger partial charge on any atom is -0.454 e. The Hall–Kier alpha value is -2.71. The Labute approximate surface area is 227 Å². The number of nitrogens with zero attached hydrogens (tertiary/aromatic N) is 1. The molecule has 8 heteroatoms. The number of likely N-dealkylation sites (tertiary alicyclic amines) is 1. The number of carbonyl (C=O) groups is 1. The van der Waals surface area contributed by atoms with Gasteiger partial charge in [0.05, 0.1) is 6.04 Å². The molecule has 2 N–H and O–H groups in total. The minimum atomic E-state index is -0.202. The van der Waals surface area contributed by atoms with Gasteiger partial charge in [-0.3, -0.25) is 9.69 Å². The molecule has 0 spiro atoms. The second kappa shape index (κ2) is 12.2. The van der Waals surface area contributed by atoms with Gasteiger partial charge in [-0.05, 0) is 72.2 Å². The lowest BCUT2D eigenvalue weighted by atomic mass is 10.1. The molecule has 1 amide bonds. The molecule has 3 aromatic carbocycles. The summed E-state index contributed by atoms with van der Waals surface area (Å²) in [6, 6.07) is 22.5. The van der Waals surface area contributed by atoms with E-state index in [0.29, 0.717) is 18.1 Å². The topological polar surface area (TPSA) is 62.8 Å². The molecule has 0 aliphatic carbocycles. The Balaban J connectivity index is 1.20. The van der Waals surface area contributed by atoms with E-state index in [1.54, 1.807) is 11.8 Å². The van der Waals surface area contributed by atoms with Crippen LogP contribution in [-0.4, -0.2) is 49.0 Å². The first kappa shape index (κ1) is 25.9. The molecule has 37 heavy (non-hydrogen) atoms. The van der Waals surface area contributed by atoms with Crippen molar-refractivity contribution in [1.29, 1.82) is 0 Å². The Kier molecular flexibility index (Phi) is 8.56. The van der Waals surface area contributed by atoms with E-state index in [1.807, 2.05) is 36.4 Å². The van der Waals surface area contributed by atoms with E-state index in [0.717, 1.165) is 48.6 Å². The average Bonchev–Trinajstić information content (AvgIpc) is 3.54. The predicted molar refractivity (Wildman–Crippen MR) is 148 cm³/mol. The van der Waals surface area contributed by atoms with Crippen LogP contribution in [0.15, 0.2) is 71.6 Å². The highest BCUT2D eigenvalue weighted by atomic mass is 35.5. The Bertz CT molecular complexity index is 1220. The fraction of sp³-hybridized carbons (Fsp3) is 0.345. The van der Waals surface area contributed by atoms with Gasteiger partial charge in [0.25, 0.3) is 0 Å². The first-order valence-electron chi connectivity index (χ1n) is 12.6. The van der Waals surface area contributed by atoms with Crippen LogP contribution in [-0.2, 0) is 24.3 Å². The summed E-state index contributed by atoms with van der Waals surface area (Å²) in [5, 5.41) is 7.55. The smallest absolute Gasteiger partial charge is 0.237 e. The summed E-state index contributed by atoms with van der Waals surface area (Å²) in [6.45, 7) is 3.09. The van der Waals surface area contributed by atoms with Crippen molar-refractivity contribution in [3.63, 3.8) is 0 Å². The minimum absolute atomic E-state index is 0.0661. The maximum Gasteiger partial charge on any atom is 0.237 e. The van der Waals surface area contributed by atoms with Crippen LogP contribution in [0, 0.1) is 0 Å². The van der Waals surface area contributed by atoms with Crippen LogP contribution < -0.4 is 20.1 Å². The number of amides is 1. The molecule has 2 aliphatic rings. The van der Waals surface area contributed by atoms with Crippen molar-refractivity contribution in [2.45, 2.75) is 42.9 Å². The third-order valence-electron chi connectivity index (χ3n) is 6.88. The van der Waals surface area contributed by atoms with Crippen molar-refractivity contribution >= 4 is 29.3 Å². The van der Waals surface area contributed by atoms with Gasteiger partial charge >= 0.3 is 0 Å². The highest BCUT2D eigenvalue weighted by molar-refractivity contribution is 7.98. The van der Waals surface area contributed by atoms with Crippen molar-refractivity contribution in [2.75, 3.05) is 26.1 Å². The Morgan fingerprint density at radius 2 is 1.84 bits per heavy atom. The fourth-order valence-electron chi connectivity index (χ4n) is 4.92. The monoisotopic (exact) mass is 537 g/mol. The summed E-state index contributed by atoms with van der Waals surface area (Å²) in [5.74, 6) is 1.61. The number of benzene rings is 3. The number of hydrogen-bond donors (Lipinski definition) is 2. The molecule has 2 aliphatic heterocycles. The van der Waals surface area contributed by atoms with Gasteiger partial charge in [0.1, 0.15) is 0 Å². The zero-order chi connectivity index (χ0) is 25.6. The number of fused-ring (bicyclic) bond motifs is 1. The maximum atomic E-state index is 13.3. The number of rotatable bonds is 10. The van der Waals surface area contributed by atoms with Gasteiger partial charge < -0.3 is 20.1 Å². The van der Waals surface area contributed by atoms with Crippen molar-refractivity contribution in [1.82, 2.24) is 15.5 Å². The molecule has 1 fully saturated rings. The van der Waals surface area contributed by atoms with Crippen molar-refractivity contribution in [3.05, 3.63) is 88.4 Å². The van der Waals surface area contributed by atoms with E-state index in [-0.39, 0.29) is 24.8 Å². The molecule has 2 heterocycles. The van der Waals surface area contributed by atoms with E-state index in [4.69, 9.17) is 21.1 Å². The van der Waals surface area contributed by atoms with Gasteiger partial charge in [-0.1, -0.05) is 41.9 Å². The van der Waals surface area contributed by atoms with Crippen LogP contribution in [0.5, 0.6) is 11.5 Å². The van der Waals surface area contributed by atoms with E-state index in [2.05, 4.69) is 52.1 Å². The molecule has 0 radical (unpaired) electrons. The first-order valence-corrected chi connectivity index (χ1v) is 14.2. The highest BCUT2D eigenvalue weighted by Gasteiger charge is 2.36. The Morgan fingerprint density at radius 1 is 1.03 bits per heavy atom. The van der Waals surface area contributed by atoms with Crippen LogP contribution in [0.25, 0.3) is 0 Å². The number of carbonyl (C=O) groups excluding carboxylic acids is 1. The second-order valence-corrected chi connectivity index (χ2v) is 10.8. The molecule has 3 aromatic rings. The number of nitrogens with one attached hydrogen (secondary N) is 2. The van der Waals surface area contributed by atoms with Crippen LogP contribution >= 0.6 is 23.4 Å². The summed E-state index contributed by atoms with van der Waals surface area (Å²) < 4.78 is 10.9. The number of halogens is 1. The molecule has 0 aromatic heterocycles. The van der Waals surface area contributed by atoms with Gasteiger partial charge in [-0.15, -0.1) is 11.8 Å². The lowest BCUT2D eigenvalue weighted by Gasteiger charge is -2.23. The molecule has 0 unspecified atom stereocenters. The van der Waals surface area contributed by atoms with Crippen molar-refractivity contribution in [2.24, 2.45) is 0 Å². The largest absolute Gasteiger partial charge is 0.454 e. The molecule has 194 valence electrons. The molecule has 5 rings (SSSR count). The van der Waals surface area contributed by atoms with Crippen LogP contribution in [0.3, 0.4) is 0 Å². The number of thioether (sulfide) groups is 1. The average molecular weight is 538 g/mol. The SMILES string of the molecule is CSc1ccc(CN[C@@H]2C[C@@H](C(=O)NCCc3ccc4c(c3)OCO4)N(Cc3cccc(Cl)c3)C2)cc1. The lowest BCUT2D eigenvalue weighted by Crippen LogP contribution is -2.43. The van der Waals surface area contributed by atoms with Gasteiger partial charge in [0.15, 0.2) is 11.5 Å². The molecule has 1 saturated heterocycles. The quantitative estimate of drug-likeness (QED) is 0.359. The fourth-order valence-corrected chi connectivity index (χ4v) is 5.54. The van der Waals surface area contributed by atoms with E-state index in [1.165, 1.54) is 10.5 Å². The summed E-state index contributed by atoms with van der Waals surface area (Å²) in [7, 11) is 0. The molecule has 2 atom stereocenters. The van der Waals surface area contributed by atoms with E-state index >= 15 is 0 Å². The summed E-state index contributed by atoms with van der Waals surface area (Å²) in [5.41, 5.74) is 3.47. The standard InChI is InChI=1S/C29H32ClN3O3S/c1-37-25-8-5-21(6-9-25)16-32-24-15-26(33(18-24)17-22-3-2-4-23(30)13-22)29(34)31-12-11-20-7-10-27-28(14-20)36-19-35-27/h2-10,13-14,24,26,32H,11-12,15-19H2,1H3,(H,31,34)/t24-,26+/m1/s1. The van der Waals surface area contributed by atoms with E-state index < -0.39 is 0 Å². The number of hydrogen-bond acceptors (Lipinski definition) is 6. The van der Waals surface area contributed by atoms with Crippen LogP contribution in [0.2, 0.25) is 5.02 Å². The summed E-state index contributed by atoms with van der Waals surface area (Å²) in [4.78, 5) is 16.8. The molecular formula is C29H32ClN3O3S. The molecule has 0 saturated carbocycles. The third kappa shape index (κ3) is 6.79. The zero-order valence-corrected chi connectivity index (χ0v) is 22.5.